The van der Waals surface area contributed by atoms with E-state index in [4.69, 9.17) is 9.47 Å². The molecule has 0 fully saturated rings. The van der Waals surface area contributed by atoms with Crippen molar-refractivity contribution >= 4 is 21.9 Å². The SMILES string of the molecule is C/C(=C\S(C)(=O)=O)C[C@](NC(=O)OCc1ccccc1)(C(=O)OC(C)C)c1ccc(-c2cnn(C(F)F)c2)cc1. The third kappa shape index (κ3) is 8.22. The zero-order valence-electron chi connectivity index (χ0n) is 22.5. The Morgan fingerprint density at radius 2 is 1.73 bits per heavy atom. The second-order valence-electron chi connectivity index (χ2n) is 9.58. The summed E-state index contributed by atoms with van der Waals surface area (Å²) < 4.78 is 61.4. The van der Waals surface area contributed by atoms with Crippen molar-refractivity contribution in [1.29, 1.82) is 0 Å². The van der Waals surface area contributed by atoms with Crippen LogP contribution in [0.5, 0.6) is 0 Å². The molecule has 3 rings (SSSR count). The first-order valence-electron chi connectivity index (χ1n) is 12.3. The first kappa shape index (κ1) is 30.5. The minimum absolute atomic E-state index is 0.0762. The van der Waals surface area contributed by atoms with E-state index >= 15 is 0 Å². The van der Waals surface area contributed by atoms with Gasteiger partial charge in [-0.05, 0) is 37.5 Å². The molecule has 0 saturated heterocycles. The largest absolute Gasteiger partial charge is 0.461 e. The normalized spacial score (nSPS) is 13.7. The molecule has 1 aromatic heterocycles. The molecule has 9 nitrogen and oxygen atoms in total. The summed E-state index contributed by atoms with van der Waals surface area (Å²) in [4.78, 5) is 26.7. The molecule has 1 amide bonds. The molecule has 214 valence electrons. The van der Waals surface area contributed by atoms with Gasteiger partial charge in [-0.2, -0.15) is 13.9 Å². The number of ether oxygens (including phenoxy) is 2. The number of esters is 1. The van der Waals surface area contributed by atoms with E-state index in [1.54, 1.807) is 50.2 Å². The quantitative estimate of drug-likeness (QED) is 0.306. The maximum Gasteiger partial charge on any atom is 0.408 e. The summed E-state index contributed by atoms with van der Waals surface area (Å²) in [6.07, 6.45) is 1.72. The van der Waals surface area contributed by atoms with Crippen molar-refractivity contribution in [2.45, 2.75) is 52.0 Å². The fourth-order valence-corrected chi connectivity index (χ4v) is 4.89. The molecular weight excluding hydrogens is 544 g/mol. The van der Waals surface area contributed by atoms with Crippen molar-refractivity contribution < 1.29 is 36.3 Å². The maximum absolute atomic E-state index is 13.7. The molecule has 3 aromatic rings. The van der Waals surface area contributed by atoms with Crippen molar-refractivity contribution in [3.8, 4) is 11.1 Å². The number of benzene rings is 2. The molecule has 0 saturated carbocycles. The van der Waals surface area contributed by atoms with Gasteiger partial charge in [0.2, 0.25) is 0 Å². The van der Waals surface area contributed by atoms with Gasteiger partial charge in [0.05, 0.1) is 12.3 Å². The Morgan fingerprint density at radius 3 is 2.27 bits per heavy atom. The number of carbonyl (C=O) groups is 2. The lowest BCUT2D eigenvalue weighted by Gasteiger charge is -2.34. The van der Waals surface area contributed by atoms with Crippen LogP contribution in [0.4, 0.5) is 13.6 Å². The Bertz CT molecular complexity index is 1450. The smallest absolute Gasteiger partial charge is 0.408 e. The summed E-state index contributed by atoms with van der Waals surface area (Å²) in [5, 5.41) is 7.28. The first-order chi connectivity index (χ1) is 18.8. The zero-order chi connectivity index (χ0) is 29.5. The van der Waals surface area contributed by atoms with Gasteiger partial charge in [-0.15, -0.1) is 0 Å². The molecule has 0 unspecified atom stereocenters. The molecule has 0 aliphatic heterocycles. The van der Waals surface area contributed by atoms with E-state index in [-0.39, 0.29) is 24.2 Å². The standard InChI is InChI=1S/C28H31F2N3O6S/c1-19(2)39-25(34)28(14-20(3)18-40(4,36)37,32-27(35)38-17-21-8-6-5-7-9-21)24-12-10-22(11-13-24)23-15-31-33(16-23)26(29)30/h5-13,15-16,18-19,26H,14,17H2,1-4H3,(H,32,35)/b20-18+/t28-/m1/s1. The van der Waals surface area contributed by atoms with E-state index in [9.17, 15) is 26.8 Å². The molecule has 0 radical (unpaired) electrons. The summed E-state index contributed by atoms with van der Waals surface area (Å²) in [5.41, 5.74) is 0.307. The van der Waals surface area contributed by atoms with Crippen molar-refractivity contribution in [2.75, 3.05) is 6.26 Å². The van der Waals surface area contributed by atoms with E-state index in [2.05, 4.69) is 10.4 Å². The molecule has 0 aliphatic rings. The van der Waals surface area contributed by atoms with Gasteiger partial charge in [0, 0.05) is 29.8 Å². The van der Waals surface area contributed by atoms with Gasteiger partial charge in [-0.25, -0.2) is 22.7 Å². The Morgan fingerprint density at radius 1 is 1.07 bits per heavy atom. The van der Waals surface area contributed by atoms with Crippen LogP contribution in [0.2, 0.25) is 0 Å². The first-order valence-corrected chi connectivity index (χ1v) is 14.2. The van der Waals surface area contributed by atoms with Gasteiger partial charge in [0.1, 0.15) is 6.61 Å². The second kappa shape index (κ2) is 12.9. The molecule has 40 heavy (non-hydrogen) atoms. The highest BCUT2D eigenvalue weighted by Gasteiger charge is 2.45. The number of amides is 1. The minimum Gasteiger partial charge on any atom is -0.461 e. The summed E-state index contributed by atoms with van der Waals surface area (Å²) in [7, 11) is -3.58. The summed E-state index contributed by atoms with van der Waals surface area (Å²) in [6, 6.07) is 15.1. The molecule has 0 spiro atoms. The second-order valence-corrected chi connectivity index (χ2v) is 11.5. The van der Waals surface area contributed by atoms with Gasteiger partial charge >= 0.3 is 18.6 Å². The predicted octanol–water partition coefficient (Wildman–Crippen LogP) is 5.36. The predicted molar refractivity (Wildman–Crippen MR) is 145 cm³/mol. The van der Waals surface area contributed by atoms with Crippen LogP contribution in [0, 0.1) is 0 Å². The number of aromatic nitrogens is 2. The third-order valence-corrected chi connectivity index (χ3v) is 6.52. The lowest BCUT2D eigenvalue weighted by atomic mass is 9.83. The van der Waals surface area contributed by atoms with Crippen LogP contribution in [-0.2, 0) is 36.3 Å². The average molecular weight is 576 g/mol. The van der Waals surface area contributed by atoms with Crippen LogP contribution in [0.3, 0.4) is 0 Å². The number of carbonyl (C=O) groups excluding carboxylic acids is 2. The molecule has 1 N–H and O–H groups in total. The van der Waals surface area contributed by atoms with E-state index in [0.717, 1.165) is 17.2 Å². The van der Waals surface area contributed by atoms with Crippen LogP contribution in [0.25, 0.3) is 11.1 Å². The number of alkyl carbamates (subject to hydrolysis) is 1. The van der Waals surface area contributed by atoms with Gasteiger partial charge in [-0.3, -0.25) is 0 Å². The Balaban J connectivity index is 2.05. The number of rotatable bonds is 11. The van der Waals surface area contributed by atoms with Crippen LogP contribution in [0.1, 0.15) is 44.9 Å². The van der Waals surface area contributed by atoms with Gasteiger partial charge in [0.25, 0.3) is 0 Å². The molecule has 2 aromatic carbocycles. The van der Waals surface area contributed by atoms with Crippen LogP contribution >= 0.6 is 0 Å². The Labute approximate surface area is 231 Å². The Kier molecular flexibility index (Phi) is 9.80. The highest BCUT2D eigenvalue weighted by molar-refractivity contribution is 7.93. The highest BCUT2D eigenvalue weighted by atomic mass is 32.2. The summed E-state index contributed by atoms with van der Waals surface area (Å²) in [6.45, 7) is 1.91. The fraction of sp³-hybridized carbons (Fsp3) is 0.321. The summed E-state index contributed by atoms with van der Waals surface area (Å²) in [5.74, 6) is -0.835. The van der Waals surface area contributed by atoms with Crippen LogP contribution in [-0.4, -0.2) is 42.6 Å². The van der Waals surface area contributed by atoms with Crippen LogP contribution in [0.15, 0.2) is 78.0 Å². The molecule has 1 heterocycles. The Hall–Kier alpha value is -4.06. The number of nitrogens with one attached hydrogen (secondary N) is 1. The van der Waals surface area contributed by atoms with Crippen molar-refractivity contribution in [3.63, 3.8) is 0 Å². The zero-order valence-corrected chi connectivity index (χ0v) is 23.3. The molecule has 0 bridgehead atoms. The van der Waals surface area contributed by atoms with Gasteiger partial charge in [0.15, 0.2) is 15.4 Å². The van der Waals surface area contributed by atoms with Crippen molar-refractivity contribution in [1.82, 2.24) is 15.1 Å². The highest BCUT2D eigenvalue weighted by Crippen LogP contribution is 2.33. The van der Waals surface area contributed by atoms with Crippen molar-refractivity contribution in [2.24, 2.45) is 0 Å². The van der Waals surface area contributed by atoms with Crippen molar-refractivity contribution in [3.05, 3.63) is 89.1 Å². The number of alkyl halides is 2. The number of hydrogen-bond acceptors (Lipinski definition) is 7. The van der Waals surface area contributed by atoms with E-state index in [0.29, 0.717) is 15.8 Å². The van der Waals surface area contributed by atoms with E-state index in [1.807, 2.05) is 6.07 Å². The number of halogens is 2. The number of nitrogens with zero attached hydrogens (tertiary/aromatic N) is 2. The van der Waals surface area contributed by atoms with E-state index < -0.39 is 40.1 Å². The fourth-order valence-electron chi connectivity index (χ4n) is 4.07. The lowest BCUT2D eigenvalue weighted by molar-refractivity contribution is -0.156. The maximum atomic E-state index is 13.7. The monoisotopic (exact) mass is 575 g/mol. The average Bonchev–Trinajstić information content (AvgIpc) is 3.37. The molecule has 1 atom stereocenters. The van der Waals surface area contributed by atoms with Gasteiger partial charge < -0.3 is 14.8 Å². The van der Waals surface area contributed by atoms with Crippen LogP contribution < -0.4 is 5.32 Å². The molecular formula is C28H31F2N3O6S. The number of hydrogen-bond donors (Lipinski definition) is 1. The van der Waals surface area contributed by atoms with E-state index in [1.165, 1.54) is 31.5 Å². The third-order valence-electron chi connectivity index (χ3n) is 5.69. The summed E-state index contributed by atoms with van der Waals surface area (Å²) >= 11 is 0. The lowest BCUT2D eigenvalue weighted by Crippen LogP contribution is -2.53. The molecule has 0 aliphatic carbocycles. The number of sulfone groups is 1. The molecule has 12 heteroatoms. The topological polar surface area (TPSA) is 117 Å². The minimum atomic E-state index is -3.58. The van der Waals surface area contributed by atoms with Gasteiger partial charge in [-0.1, -0.05) is 60.2 Å².